The van der Waals surface area contributed by atoms with Crippen LogP contribution in [0, 0.1) is 0 Å². The number of carbonyl (C=O) groups is 1. The Bertz CT molecular complexity index is 1250. The summed E-state index contributed by atoms with van der Waals surface area (Å²) in [6, 6.07) is 7.71. The third-order valence-corrected chi connectivity index (χ3v) is 6.31. The van der Waals surface area contributed by atoms with Crippen LogP contribution in [0.4, 0.5) is 21.6 Å². The summed E-state index contributed by atoms with van der Waals surface area (Å²) in [5, 5.41) is 6.38. The average molecular weight is 477 g/mol. The molecule has 0 radical (unpaired) electrons. The van der Waals surface area contributed by atoms with Gasteiger partial charge in [-0.15, -0.1) is 0 Å². The summed E-state index contributed by atoms with van der Waals surface area (Å²) in [5.41, 5.74) is 2.11. The summed E-state index contributed by atoms with van der Waals surface area (Å²) in [6.07, 6.45) is 5.15. The van der Waals surface area contributed by atoms with Crippen molar-refractivity contribution in [2.24, 2.45) is 0 Å². The molecular formula is C26H29FN6O2. The standard InChI is InChI=1S/C26H29FN6O2/c1-16(2)23-30-13-18(14-31-23)25(34)32-22-19(17-4-5-21-20(12-17)28-9-11-35-21)6-8-29-24(22)33-10-7-26(3,27)15-33/h4-6,8,12-14,16,28H,7,9-11,15H2,1-3H3,(H,32,34). The number of halogens is 1. The fraction of sp³-hybridized carbons (Fsp3) is 0.385. The number of fused-ring (bicyclic) bond motifs is 1. The molecule has 1 aromatic carbocycles. The summed E-state index contributed by atoms with van der Waals surface area (Å²) in [5.74, 6) is 1.81. The van der Waals surface area contributed by atoms with Crippen molar-refractivity contribution >= 4 is 23.1 Å². The lowest BCUT2D eigenvalue weighted by Gasteiger charge is -2.24. The molecule has 2 aromatic heterocycles. The summed E-state index contributed by atoms with van der Waals surface area (Å²) >= 11 is 0. The zero-order valence-corrected chi connectivity index (χ0v) is 20.1. The van der Waals surface area contributed by atoms with Crippen LogP contribution in [0.2, 0.25) is 0 Å². The van der Waals surface area contributed by atoms with Crippen molar-refractivity contribution in [3.63, 3.8) is 0 Å². The number of alkyl halides is 1. The summed E-state index contributed by atoms with van der Waals surface area (Å²) < 4.78 is 20.4. The number of nitrogens with one attached hydrogen (secondary N) is 2. The van der Waals surface area contributed by atoms with Crippen molar-refractivity contribution in [2.45, 2.75) is 38.8 Å². The van der Waals surface area contributed by atoms with E-state index in [9.17, 15) is 9.18 Å². The number of nitrogens with zero attached hydrogens (tertiary/aromatic N) is 4. The molecule has 2 aliphatic heterocycles. The summed E-state index contributed by atoms with van der Waals surface area (Å²) in [6.45, 7) is 7.64. The number of hydrogen-bond donors (Lipinski definition) is 2. The molecule has 1 saturated heterocycles. The molecule has 9 heteroatoms. The van der Waals surface area contributed by atoms with Gasteiger partial charge in [0.05, 0.1) is 23.5 Å². The van der Waals surface area contributed by atoms with Gasteiger partial charge in [0, 0.05) is 49.6 Å². The molecular weight excluding hydrogens is 447 g/mol. The Morgan fingerprint density at radius 1 is 1.23 bits per heavy atom. The van der Waals surface area contributed by atoms with Gasteiger partial charge in [-0.1, -0.05) is 19.9 Å². The van der Waals surface area contributed by atoms with Gasteiger partial charge in [0.2, 0.25) is 0 Å². The van der Waals surface area contributed by atoms with Crippen LogP contribution in [0.1, 0.15) is 49.3 Å². The lowest BCUT2D eigenvalue weighted by Crippen LogP contribution is -2.28. The molecule has 2 N–H and O–H groups in total. The fourth-order valence-corrected chi connectivity index (χ4v) is 4.41. The molecule has 4 heterocycles. The number of ether oxygens (including phenoxy) is 1. The minimum atomic E-state index is -1.31. The van der Waals surface area contributed by atoms with E-state index in [1.807, 2.05) is 43.0 Å². The third kappa shape index (κ3) is 4.76. The number of benzene rings is 1. The van der Waals surface area contributed by atoms with Crippen LogP contribution in [0.15, 0.2) is 42.9 Å². The normalized spacial score (nSPS) is 19.2. The van der Waals surface area contributed by atoms with E-state index in [-0.39, 0.29) is 18.4 Å². The first-order valence-electron chi connectivity index (χ1n) is 11.9. The van der Waals surface area contributed by atoms with Crippen molar-refractivity contribution in [2.75, 3.05) is 41.8 Å². The quantitative estimate of drug-likeness (QED) is 0.553. The van der Waals surface area contributed by atoms with E-state index in [0.717, 1.165) is 29.1 Å². The Labute approximate surface area is 204 Å². The van der Waals surface area contributed by atoms with Crippen LogP contribution in [0.25, 0.3) is 11.1 Å². The van der Waals surface area contributed by atoms with Crippen molar-refractivity contribution in [3.05, 3.63) is 54.2 Å². The smallest absolute Gasteiger partial charge is 0.258 e. The lowest BCUT2D eigenvalue weighted by molar-refractivity contribution is 0.102. The number of rotatable bonds is 5. The maximum Gasteiger partial charge on any atom is 0.258 e. The van der Waals surface area contributed by atoms with Gasteiger partial charge in [0.25, 0.3) is 5.91 Å². The van der Waals surface area contributed by atoms with Gasteiger partial charge in [0.15, 0.2) is 5.82 Å². The van der Waals surface area contributed by atoms with Crippen LogP contribution >= 0.6 is 0 Å². The molecule has 1 fully saturated rings. The predicted molar refractivity (Wildman–Crippen MR) is 134 cm³/mol. The van der Waals surface area contributed by atoms with Crippen LogP contribution in [-0.4, -0.2) is 52.8 Å². The molecule has 35 heavy (non-hydrogen) atoms. The van der Waals surface area contributed by atoms with E-state index in [1.54, 1.807) is 13.1 Å². The lowest BCUT2D eigenvalue weighted by atomic mass is 10.0. The maximum absolute atomic E-state index is 14.7. The van der Waals surface area contributed by atoms with E-state index in [2.05, 4.69) is 25.6 Å². The van der Waals surface area contributed by atoms with E-state index in [0.29, 0.717) is 42.5 Å². The Hall–Kier alpha value is -3.75. The first kappa shape index (κ1) is 23.0. The van der Waals surface area contributed by atoms with Gasteiger partial charge in [-0.05, 0) is 30.7 Å². The maximum atomic E-state index is 14.7. The van der Waals surface area contributed by atoms with Crippen LogP contribution in [0.3, 0.4) is 0 Å². The van der Waals surface area contributed by atoms with Gasteiger partial charge < -0.3 is 20.3 Å². The monoisotopic (exact) mass is 476 g/mol. The van der Waals surface area contributed by atoms with Crippen molar-refractivity contribution in [1.82, 2.24) is 15.0 Å². The van der Waals surface area contributed by atoms with E-state index >= 15 is 0 Å². The molecule has 3 aromatic rings. The highest BCUT2D eigenvalue weighted by molar-refractivity contribution is 6.08. The number of carbonyl (C=O) groups excluding carboxylic acids is 1. The number of anilines is 3. The van der Waals surface area contributed by atoms with Gasteiger partial charge in [0.1, 0.15) is 23.8 Å². The molecule has 1 amide bonds. The molecule has 0 bridgehead atoms. The van der Waals surface area contributed by atoms with E-state index < -0.39 is 5.67 Å². The molecule has 182 valence electrons. The first-order chi connectivity index (χ1) is 16.8. The second kappa shape index (κ2) is 9.13. The Balaban J connectivity index is 1.55. The molecule has 2 aliphatic rings. The second-order valence-corrected chi connectivity index (χ2v) is 9.57. The number of hydrogen-bond acceptors (Lipinski definition) is 7. The van der Waals surface area contributed by atoms with Crippen LogP contribution in [0.5, 0.6) is 5.75 Å². The molecule has 0 spiro atoms. The highest BCUT2D eigenvalue weighted by Crippen LogP contribution is 2.40. The first-order valence-corrected chi connectivity index (χ1v) is 11.9. The summed E-state index contributed by atoms with van der Waals surface area (Å²) in [7, 11) is 0. The number of pyridine rings is 1. The number of aromatic nitrogens is 3. The second-order valence-electron chi connectivity index (χ2n) is 9.57. The SMILES string of the molecule is CC(C)c1ncc(C(=O)Nc2c(-c3ccc4c(c3)NCCO4)ccnc2N2CCC(C)(F)C2)cn1. The van der Waals surface area contributed by atoms with Crippen molar-refractivity contribution < 1.29 is 13.9 Å². The predicted octanol–water partition coefficient (Wildman–Crippen LogP) is 4.66. The van der Waals surface area contributed by atoms with E-state index in [1.165, 1.54) is 12.4 Å². The van der Waals surface area contributed by atoms with Gasteiger partial charge >= 0.3 is 0 Å². The Kier molecular flexibility index (Phi) is 6.00. The fourth-order valence-electron chi connectivity index (χ4n) is 4.41. The zero-order chi connectivity index (χ0) is 24.6. The molecule has 1 unspecified atom stereocenters. The molecule has 8 nitrogen and oxygen atoms in total. The van der Waals surface area contributed by atoms with E-state index in [4.69, 9.17) is 4.74 Å². The third-order valence-electron chi connectivity index (χ3n) is 6.31. The molecule has 1 atom stereocenters. The number of amides is 1. The van der Waals surface area contributed by atoms with Gasteiger partial charge in [-0.2, -0.15) is 0 Å². The zero-order valence-electron chi connectivity index (χ0n) is 20.1. The molecule has 5 rings (SSSR count). The van der Waals surface area contributed by atoms with Gasteiger partial charge in [-0.25, -0.2) is 19.3 Å². The minimum Gasteiger partial charge on any atom is -0.490 e. The highest BCUT2D eigenvalue weighted by Gasteiger charge is 2.35. The van der Waals surface area contributed by atoms with Gasteiger partial charge in [-0.3, -0.25) is 4.79 Å². The Morgan fingerprint density at radius 2 is 2.03 bits per heavy atom. The molecule has 0 aliphatic carbocycles. The molecule has 0 saturated carbocycles. The topological polar surface area (TPSA) is 92.3 Å². The highest BCUT2D eigenvalue weighted by atomic mass is 19.1. The largest absolute Gasteiger partial charge is 0.490 e. The summed E-state index contributed by atoms with van der Waals surface area (Å²) in [4.78, 5) is 28.3. The van der Waals surface area contributed by atoms with Crippen LogP contribution < -0.4 is 20.3 Å². The minimum absolute atomic E-state index is 0.162. The van der Waals surface area contributed by atoms with Crippen LogP contribution in [-0.2, 0) is 0 Å². The van der Waals surface area contributed by atoms with Crippen molar-refractivity contribution in [3.8, 4) is 16.9 Å². The average Bonchev–Trinajstić information content (AvgIpc) is 3.23. The van der Waals surface area contributed by atoms with Crippen molar-refractivity contribution in [1.29, 1.82) is 0 Å². The Morgan fingerprint density at radius 3 is 2.74 bits per heavy atom.